The molecule has 0 saturated heterocycles. The standard InChI is InChI=1S/C18H17N3O2/c22-17-15-11-5-4-10-14(15)16(20-21-17)18(23)19-12-6-9-13-7-2-1-3-8-13/h1-5,7-8,10-11H,6,9,12H2,(H,19,23)(H,21,22). The van der Waals surface area contributed by atoms with E-state index in [-0.39, 0.29) is 17.2 Å². The minimum absolute atomic E-state index is 0.250. The van der Waals surface area contributed by atoms with Gasteiger partial charge in [0.15, 0.2) is 5.69 Å². The van der Waals surface area contributed by atoms with Gasteiger partial charge in [-0.05, 0) is 24.5 Å². The molecule has 0 unspecified atom stereocenters. The van der Waals surface area contributed by atoms with Crippen LogP contribution in [-0.2, 0) is 6.42 Å². The van der Waals surface area contributed by atoms with Gasteiger partial charge in [-0.3, -0.25) is 9.59 Å². The number of benzene rings is 2. The van der Waals surface area contributed by atoms with E-state index in [2.05, 4.69) is 27.6 Å². The summed E-state index contributed by atoms with van der Waals surface area (Å²) in [5.41, 5.74) is 1.20. The highest BCUT2D eigenvalue weighted by Crippen LogP contribution is 2.12. The number of aromatic amines is 1. The zero-order chi connectivity index (χ0) is 16.1. The summed E-state index contributed by atoms with van der Waals surface area (Å²) in [7, 11) is 0. The smallest absolute Gasteiger partial charge is 0.272 e. The molecule has 1 amide bonds. The van der Waals surface area contributed by atoms with E-state index in [0.29, 0.717) is 17.3 Å². The van der Waals surface area contributed by atoms with E-state index in [1.807, 2.05) is 18.2 Å². The van der Waals surface area contributed by atoms with Gasteiger partial charge in [0, 0.05) is 11.9 Å². The SMILES string of the molecule is O=C(NCCCc1ccccc1)c1n[nH]c(=O)c2ccccc12. The maximum atomic E-state index is 12.3. The molecule has 0 fully saturated rings. The first-order chi connectivity index (χ1) is 11.3. The van der Waals surface area contributed by atoms with Gasteiger partial charge in [-0.2, -0.15) is 5.10 Å². The molecule has 0 bridgehead atoms. The molecule has 1 heterocycles. The van der Waals surface area contributed by atoms with Crippen molar-refractivity contribution < 1.29 is 4.79 Å². The molecule has 23 heavy (non-hydrogen) atoms. The number of hydrogen-bond donors (Lipinski definition) is 2. The van der Waals surface area contributed by atoms with Crippen LogP contribution in [0, 0.1) is 0 Å². The lowest BCUT2D eigenvalue weighted by molar-refractivity contribution is 0.0949. The van der Waals surface area contributed by atoms with E-state index in [4.69, 9.17) is 0 Å². The normalized spacial score (nSPS) is 10.6. The maximum absolute atomic E-state index is 12.3. The van der Waals surface area contributed by atoms with Gasteiger partial charge in [0.25, 0.3) is 11.5 Å². The zero-order valence-electron chi connectivity index (χ0n) is 12.6. The summed E-state index contributed by atoms with van der Waals surface area (Å²) in [6.07, 6.45) is 1.75. The Labute approximate surface area is 133 Å². The third kappa shape index (κ3) is 3.45. The highest BCUT2D eigenvalue weighted by molar-refractivity contribution is 6.04. The number of rotatable bonds is 5. The average Bonchev–Trinajstić information content (AvgIpc) is 2.60. The van der Waals surface area contributed by atoms with Gasteiger partial charge in [0.05, 0.1) is 5.39 Å². The Kier molecular flexibility index (Phi) is 4.47. The second-order valence-electron chi connectivity index (χ2n) is 5.29. The lowest BCUT2D eigenvalue weighted by Crippen LogP contribution is -2.27. The molecule has 0 spiro atoms. The Morgan fingerprint density at radius 3 is 2.48 bits per heavy atom. The predicted molar refractivity (Wildman–Crippen MR) is 89.5 cm³/mol. The average molecular weight is 307 g/mol. The highest BCUT2D eigenvalue weighted by Gasteiger charge is 2.13. The number of carbonyl (C=O) groups is 1. The minimum atomic E-state index is -0.291. The van der Waals surface area contributed by atoms with Crippen LogP contribution in [0.2, 0.25) is 0 Å². The van der Waals surface area contributed by atoms with E-state index in [1.54, 1.807) is 24.3 Å². The summed E-state index contributed by atoms with van der Waals surface area (Å²) in [6.45, 7) is 0.558. The van der Waals surface area contributed by atoms with Crippen molar-refractivity contribution in [2.45, 2.75) is 12.8 Å². The van der Waals surface area contributed by atoms with Crippen LogP contribution >= 0.6 is 0 Å². The number of nitrogens with zero attached hydrogens (tertiary/aromatic N) is 1. The van der Waals surface area contributed by atoms with Crippen LogP contribution < -0.4 is 10.9 Å². The molecule has 3 rings (SSSR count). The van der Waals surface area contributed by atoms with E-state index in [0.717, 1.165) is 12.8 Å². The van der Waals surface area contributed by atoms with Crippen molar-refractivity contribution >= 4 is 16.7 Å². The Morgan fingerprint density at radius 2 is 1.70 bits per heavy atom. The van der Waals surface area contributed by atoms with Crippen molar-refractivity contribution in [3.05, 3.63) is 76.2 Å². The van der Waals surface area contributed by atoms with E-state index < -0.39 is 0 Å². The van der Waals surface area contributed by atoms with Gasteiger partial charge in [0.1, 0.15) is 0 Å². The van der Waals surface area contributed by atoms with Crippen LogP contribution in [0.15, 0.2) is 59.4 Å². The molecule has 2 N–H and O–H groups in total. The van der Waals surface area contributed by atoms with Crippen LogP contribution in [0.3, 0.4) is 0 Å². The molecule has 3 aromatic rings. The summed E-state index contributed by atoms with van der Waals surface area (Å²) in [5, 5.41) is 10.2. The molecule has 0 aliphatic rings. The molecule has 1 aromatic heterocycles. The highest BCUT2D eigenvalue weighted by atomic mass is 16.2. The molecule has 0 aliphatic carbocycles. The summed E-state index contributed by atoms with van der Waals surface area (Å²) < 4.78 is 0. The molecule has 116 valence electrons. The van der Waals surface area contributed by atoms with Crippen LogP contribution in [0.1, 0.15) is 22.5 Å². The fourth-order valence-corrected chi connectivity index (χ4v) is 2.51. The molecule has 5 heteroatoms. The molecule has 0 atom stereocenters. The number of H-pyrrole nitrogens is 1. The number of aromatic nitrogens is 2. The largest absolute Gasteiger partial charge is 0.351 e. The second kappa shape index (κ2) is 6.87. The Balaban J connectivity index is 1.65. The number of hydrogen-bond acceptors (Lipinski definition) is 3. The summed E-state index contributed by atoms with van der Waals surface area (Å²) >= 11 is 0. The molecule has 2 aromatic carbocycles. The molecular formula is C18H17N3O2. The van der Waals surface area contributed by atoms with Crippen molar-refractivity contribution in [2.24, 2.45) is 0 Å². The fourth-order valence-electron chi connectivity index (χ4n) is 2.51. The Hall–Kier alpha value is -2.95. The molecule has 5 nitrogen and oxygen atoms in total. The van der Waals surface area contributed by atoms with E-state index in [9.17, 15) is 9.59 Å². The second-order valence-corrected chi connectivity index (χ2v) is 5.29. The number of fused-ring (bicyclic) bond motifs is 1. The van der Waals surface area contributed by atoms with Gasteiger partial charge in [-0.1, -0.05) is 48.5 Å². The van der Waals surface area contributed by atoms with Crippen LogP contribution in [0.4, 0.5) is 0 Å². The molecule has 0 saturated carbocycles. The third-order valence-corrected chi connectivity index (χ3v) is 3.68. The summed E-state index contributed by atoms with van der Waals surface area (Å²) in [4.78, 5) is 24.0. The lowest BCUT2D eigenvalue weighted by Gasteiger charge is -2.07. The molecule has 0 aliphatic heterocycles. The minimum Gasteiger partial charge on any atom is -0.351 e. The first-order valence-corrected chi connectivity index (χ1v) is 7.55. The fraction of sp³-hybridized carbons (Fsp3) is 0.167. The zero-order valence-corrected chi connectivity index (χ0v) is 12.6. The van der Waals surface area contributed by atoms with Crippen molar-refractivity contribution in [3.8, 4) is 0 Å². The lowest BCUT2D eigenvalue weighted by atomic mass is 10.1. The van der Waals surface area contributed by atoms with E-state index >= 15 is 0 Å². The van der Waals surface area contributed by atoms with Gasteiger partial charge < -0.3 is 5.32 Å². The van der Waals surface area contributed by atoms with Crippen molar-refractivity contribution in [1.82, 2.24) is 15.5 Å². The van der Waals surface area contributed by atoms with Gasteiger partial charge in [-0.25, -0.2) is 5.10 Å². The van der Waals surface area contributed by atoms with Gasteiger partial charge in [0.2, 0.25) is 0 Å². The summed E-state index contributed by atoms with van der Waals surface area (Å²) in [5.74, 6) is -0.273. The van der Waals surface area contributed by atoms with Crippen molar-refractivity contribution in [1.29, 1.82) is 0 Å². The first-order valence-electron chi connectivity index (χ1n) is 7.55. The number of carbonyl (C=O) groups excluding carboxylic acids is 1. The van der Waals surface area contributed by atoms with Crippen LogP contribution in [0.5, 0.6) is 0 Å². The van der Waals surface area contributed by atoms with Crippen molar-refractivity contribution in [3.63, 3.8) is 0 Å². The number of amides is 1. The van der Waals surface area contributed by atoms with Crippen LogP contribution in [-0.4, -0.2) is 22.6 Å². The van der Waals surface area contributed by atoms with Gasteiger partial charge >= 0.3 is 0 Å². The topological polar surface area (TPSA) is 74.8 Å². The Morgan fingerprint density at radius 1 is 1.00 bits per heavy atom. The van der Waals surface area contributed by atoms with Crippen molar-refractivity contribution in [2.75, 3.05) is 6.54 Å². The van der Waals surface area contributed by atoms with E-state index in [1.165, 1.54) is 5.56 Å². The first kappa shape index (κ1) is 15.0. The van der Waals surface area contributed by atoms with Gasteiger partial charge in [-0.15, -0.1) is 0 Å². The number of nitrogens with one attached hydrogen (secondary N) is 2. The Bertz CT molecular complexity index is 872. The maximum Gasteiger partial charge on any atom is 0.272 e. The molecular weight excluding hydrogens is 290 g/mol. The summed E-state index contributed by atoms with van der Waals surface area (Å²) in [6, 6.07) is 17.1. The predicted octanol–water partition coefficient (Wildman–Crippen LogP) is 2.29. The molecule has 0 radical (unpaired) electrons. The monoisotopic (exact) mass is 307 g/mol. The number of aryl methyl sites for hydroxylation is 1. The quantitative estimate of drug-likeness (QED) is 0.710. The van der Waals surface area contributed by atoms with Crippen LogP contribution in [0.25, 0.3) is 10.8 Å². The third-order valence-electron chi connectivity index (χ3n) is 3.68.